The molecule has 6 nitrogen and oxygen atoms in total. The highest BCUT2D eigenvalue weighted by molar-refractivity contribution is 5.74. The molecule has 0 spiro atoms. The molecular weight excluding hydrogens is 194 g/mol. The van der Waals surface area contributed by atoms with E-state index < -0.39 is 0 Å². The van der Waals surface area contributed by atoms with Gasteiger partial charge in [0.1, 0.15) is 11.6 Å². The van der Waals surface area contributed by atoms with Crippen LogP contribution in [0, 0.1) is 0 Å². The zero-order chi connectivity index (χ0) is 11.3. The number of primary amides is 1. The summed E-state index contributed by atoms with van der Waals surface area (Å²) in [6.07, 6.45) is 0.266. The van der Waals surface area contributed by atoms with Crippen LogP contribution in [0.2, 0.25) is 0 Å². The Balaban J connectivity index is 2.59. The first-order valence-corrected chi connectivity index (χ1v) is 4.60. The normalized spacial score (nSPS) is 11.9. The predicted octanol–water partition coefficient (Wildman–Crippen LogP) is 0.0430. The maximum Gasteiger partial charge on any atom is 0.219 e. The minimum atomic E-state index is -0.344. The van der Waals surface area contributed by atoms with E-state index in [0.717, 1.165) is 0 Å². The van der Waals surface area contributed by atoms with Gasteiger partial charge in [0.15, 0.2) is 0 Å². The van der Waals surface area contributed by atoms with Crippen LogP contribution in [0.4, 0.5) is 11.6 Å². The summed E-state index contributed by atoms with van der Waals surface area (Å²) in [5, 5.41) is 3.04. The molecule has 1 amide bonds. The second-order valence-corrected chi connectivity index (χ2v) is 3.27. The molecule has 1 heterocycles. The van der Waals surface area contributed by atoms with Crippen LogP contribution in [-0.4, -0.2) is 16.9 Å². The Kier molecular flexibility index (Phi) is 3.87. The Bertz CT molecular complexity index is 341. The molecule has 6 N–H and O–H groups in total. The molecule has 0 saturated heterocycles. The Hall–Kier alpha value is -1.82. The lowest BCUT2D eigenvalue weighted by Crippen LogP contribution is -2.24. The topological polar surface area (TPSA) is 106 Å². The van der Waals surface area contributed by atoms with Crippen molar-refractivity contribution < 1.29 is 4.79 Å². The highest BCUT2D eigenvalue weighted by atomic mass is 16.1. The summed E-state index contributed by atoms with van der Waals surface area (Å²) in [4.78, 5) is 14.8. The standard InChI is InChI=1S/C9H15N5O/c1-6(5-7(10)15)12-8-3-2-4-9(13-8)14-11/h2-4,6H,5,11H2,1H3,(H2,10,15)(H2,12,13,14). The molecule has 0 aliphatic rings. The quantitative estimate of drug-likeness (QED) is 0.405. The predicted molar refractivity (Wildman–Crippen MR) is 58.9 cm³/mol. The van der Waals surface area contributed by atoms with Gasteiger partial charge in [0.05, 0.1) is 0 Å². The maximum atomic E-state index is 10.7. The van der Waals surface area contributed by atoms with Crippen molar-refractivity contribution in [2.45, 2.75) is 19.4 Å². The zero-order valence-corrected chi connectivity index (χ0v) is 8.53. The second-order valence-electron chi connectivity index (χ2n) is 3.27. The van der Waals surface area contributed by atoms with Gasteiger partial charge in [-0.05, 0) is 19.1 Å². The SMILES string of the molecule is CC(CC(N)=O)Nc1cccc(NN)n1. The molecule has 1 unspecified atom stereocenters. The number of pyridine rings is 1. The smallest absolute Gasteiger partial charge is 0.219 e. The van der Waals surface area contributed by atoms with Crippen LogP contribution in [0.3, 0.4) is 0 Å². The molecule has 1 aromatic heterocycles. The zero-order valence-electron chi connectivity index (χ0n) is 8.53. The van der Waals surface area contributed by atoms with Crippen LogP contribution < -0.4 is 22.3 Å². The molecule has 1 aromatic rings. The van der Waals surface area contributed by atoms with Crippen molar-refractivity contribution in [1.82, 2.24) is 4.98 Å². The number of nitrogen functional groups attached to an aromatic ring is 1. The third-order valence-corrected chi connectivity index (χ3v) is 1.80. The summed E-state index contributed by atoms with van der Waals surface area (Å²) in [6.45, 7) is 1.86. The van der Waals surface area contributed by atoms with Gasteiger partial charge >= 0.3 is 0 Å². The number of nitrogens with zero attached hydrogens (tertiary/aromatic N) is 1. The maximum absolute atomic E-state index is 10.7. The van der Waals surface area contributed by atoms with E-state index >= 15 is 0 Å². The number of amides is 1. The summed E-state index contributed by atoms with van der Waals surface area (Å²) in [7, 11) is 0. The van der Waals surface area contributed by atoms with Crippen LogP contribution in [0.25, 0.3) is 0 Å². The second kappa shape index (κ2) is 5.16. The van der Waals surface area contributed by atoms with Crippen molar-refractivity contribution in [3.8, 4) is 0 Å². The number of hydrazine groups is 1. The minimum absolute atomic E-state index is 0.0528. The molecule has 0 radical (unpaired) electrons. The lowest BCUT2D eigenvalue weighted by Gasteiger charge is -2.12. The van der Waals surface area contributed by atoms with E-state index in [0.29, 0.717) is 11.6 Å². The van der Waals surface area contributed by atoms with Crippen LogP contribution in [0.15, 0.2) is 18.2 Å². The first-order chi connectivity index (χ1) is 7.11. The number of hydrogen-bond acceptors (Lipinski definition) is 5. The molecule has 6 heteroatoms. The van der Waals surface area contributed by atoms with Gasteiger partial charge in [-0.3, -0.25) is 4.79 Å². The molecular formula is C9H15N5O. The molecule has 0 aliphatic carbocycles. The summed E-state index contributed by atoms with van der Waals surface area (Å²) < 4.78 is 0. The fraction of sp³-hybridized carbons (Fsp3) is 0.333. The lowest BCUT2D eigenvalue weighted by molar-refractivity contribution is -0.118. The molecule has 15 heavy (non-hydrogen) atoms. The van der Waals surface area contributed by atoms with E-state index in [9.17, 15) is 4.79 Å². The Morgan fingerprint density at radius 3 is 2.80 bits per heavy atom. The van der Waals surface area contributed by atoms with Crippen molar-refractivity contribution in [3.63, 3.8) is 0 Å². The number of anilines is 2. The Morgan fingerprint density at radius 1 is 1.53 bits per heavy atom. The number of rotatable bonds is 5. The van der Waals surface area contributed by atoms with Crippen LogP contribution in [0.1, 0.15) is 13.3 Å². The average Bonchev–Trinajstić information content (AvgIpc) is 2.16. The Labute approximate surface area is 88.0 Å². The summed E-state index contributed by atoms with van der Waals surface area (Å²) in [5.41, 5.74) is 7.51. The summed E-state index contributed by atoms with van der Waals surface area (Å²) >= 11 is 0. The number of aromatic nitrogens is 1. The molecule has 1 rings (SSSR count). The van der Waals surface area contributed by atoms with Crippen molar-refractivity contribution >= 4 is 17.5 Å². The fourth-order valence-corrected chi connectivity index (χ4v) is 1.20. The largest absolute Gasteiger partial charge is 0.370 e. The van der Waals surface area contributed by atoms with E-state index in [1.165, 1.54) is 0 Å². The number of carbonyl (C=O) groups excluding carboxylic acids is 1. The first kappa shape index (κ1) is 11.3. The number of carbonyl (C=O) groups is 1. The van der Waals surface area contributed by atoms with Gasteiger partial charge in [-0.15, -0.1) is 0 Å². The lowest BCUT2D eigenvalue weighted by atomic mass is 10.2. The van der Waals surface area contributed by atoms with Crippen molar-refractivity contribution in [3.05, 3.63) is 18.2 Å². The fourth-order valence-electron chi connectivity index (χ4n) is 1.20. The molecule has 1 atom stereocenters. The van der Waals surface area contributed by atoms with Gasteiger partial charge in [-0.2, -0.15) is 0 Å². The van der Waals surface area contributed by atoms with Gasteiger partial charge in [-0.1, -0.05) is 6.07 Å². The number of nitrogens with one attached hydrogen (secondary N) is 2. The third-order valence-electron chi connectivity index (χ3n) is 1.80. The first-order valence-electron chi connectivity index (χ1n) is 4.60. The average molecular weight is 209 g/mol. The monoisotopic (exact) mass is 209 g/mol. The molecule has 0 aliphatic heterocycles. The minimum Gasteiger partial charge on any atom is -0.370 e. The van der Waals surface area contributed by atoms with Gasteiger partial charge in [0.2, 0.25) is 5.91 Å². The number of nitrogens with two attached hydrogens (primary N) is 2. The van der Waals surface area contributed by atoms with E-state index in [-0.39, 0.29) is 18.4 Å². The molecule has 0 bridgehead atoms. The molecule has 0 fully saturated rings. The summed E-state index contributed by atoms with van der Waals surface area (Å²) in [6, 6.07) is 5.28. The van der Waals surface area contributed by atoms with Gasteiger partial charge in [0.25, 0.3) is 0 Å². The third kappa shape index (κ3) is 3.82. The highest BCUT2D eigenvalue weighted by Crippen LogP contribution is 2.09. The van der Waals surface area contributed by atoms with E-state index in [1.807, 2.05) is 13.0 Å². The van der Waals surface area contributed by atoms with Gasteiger partial charge < -0.3 is 16.5 Å². The number of hydrogen-bond donors (Lipinski definition) is 4. The van der Waals surface area contributed by atoms with Crippen LogP contribution in [-0.2, 0) is 4.79 Å². The van der Waals surface area contributed by atoms with E-state index in [4.69, 9.17) is 11.6 Å². The van der Waals surface area contributed by atoms with Crippen molar-refractivity contribution in [1.29, 1.82) is 0 Å². The summed E-state index contributed by atoms with van der Waals surface area (Å²) in [5.74, 6) is 6.08. The van der Waals surface area contributed by atoms with Crippen molar-refractivity contribution in [2.75, 3.05) is 10.7 Å². The van der Waals surface area contributed by atoms with Crippen molar-refractivity contribution in [2.24, 2.45) is 11.6 Å². The van der Waals surface area contributed by atoms with E-state index in [2.05, 4.69) is 15.7 Å². The molecule has 82 valence electrons. The van der Waals surface area contributed by atoms with Crippen LogP contribution in [0.5, 0.6) is 0 Å². The van der Waals surface area contributed by atoms with E-state index in [1.54, 1.807) is 12.1 Å². The molecule has 0 aromatic carbocycles. The Morgan fingerprint density at radius 2 is 2.20 bits per heavy atom. The van der Waals surface area contributed by atoms with Crippen LogP contribution >= 0.6 is 0 Å². The molecule has 0 saturated carbocycles. The van der Waals surface area contributed by atoms with Gasteiger partial charge in [-0.25, -0.2) is 10.8 Å². The highest BCUT2D eigenvalue weighted by Gasteiger charge is 2.06. The van der Waals surface area contributed by atoms with Gasteiger partial charge in [0, 0.05) is 12.5 Å².